The third kappa shape index (κ3) is 4.73. The Kier molecular flexibility index (Phi) is 5.07. The molecule has 0 radical (unpaired) electrons. The fourth-order valence-electron chi connectivity index (χ4n) is 1.81. The van der Waals surface area contributed by atoms with Crippen LogP contribution in [0.5, 0.6) is 0 Å². The summed E-state index contributed by atoms with van der Waals surface area (Å²) in [5.41, 5.74) is 0.838. The van der Waals surface area contributed by atoms with E-state index in [0.717, 1.165) is 0 Å². The summed E-state index contributed by atoms with van der Waals surface area (Å²) in [5.74, 6) is -0.486. The Morgan fingerprint density at radius 1 is 1.17 bits per heavy atom. The van der Waals surface area contributed by atoms with Crippen molar-refractivity contribution in [1.82, 2.24) is 0 Å². The van der Waals surface area contributed by atoms with Crippen molar-refractivity contribution < 1.29 is 18.1 Å². The first-order valence-electron chi connectivity index (χ1n) is 6.62. The summed E-state index contributed by atoms with van der Waals surface area (Å²) in [6.07, 6.45) is 2.70. The number of carbonyl (C=O) groups is 1. The molecule has 0 heterocycles. The van der Waals surface area contributed by atoms with Crippen LogP contribution in [0.2, 0.25) is 0 Å². The Balaban J connectivity index is 2.06. The van der Waals surface area contributed by atoms with Gasteiger partial charge in [0.25, 0.3) is 5.69 Å². The van der Waals surface area contributed by atoms with E-state index in [9.17, 15) is 23.3 Å². The van der Waals surface area contributed by atoms with E-state index in [4.69, 9.17) is 5.14 Å². The number of hydrogen-bond acceptors (Lipinski definition) is 5. The Morgan fingerprint density at radius 2 is 1.83 bits per heavy atom. The predicted octanol–water partition coefficient (Wildman–Crippen LogP) is 1.89. The number of carbonyl (C=O) groups excluding carboxylic acids is 1. The Hall–Kier alpha value is -3.04. The Bertz CT molecular complexity index is 905. The van der Waals surface area contributed by atoms with Crippen LogP contribution in [-0.2, 0) is 14.8 Å². The second-order valence-electron chi connectivity index (χ2n) is 4.74. The van der Waals surface area contributed by atoms with E-state index < -0.39 is 20.9 Å². The summed E-state index contributed by atoms with van der Waals surface area (Å²) in [6, 6.07) is 11.2. The van der Waals surface area contributed by atoms with E-state index in [1.54, 1.807) is 0 Å². The molecule has 24 heavy (non-hydrogen) atoms. The van der Waals surface area contributed by atoms with Gasteiger partial charge in [-0.05, 0) is 42.0 Å². The third-order valence-corrected chi connectivity index (χ3v) is 3.87. The van der Waals surface area contributed by atoms with Gasteiger partial charge in [0.15, 0.2) is 0 Å². The van der Waals surface area contributed by atoms with Gasteiger partial charge in [0.05, 0.1) is 9.82 Å². The van der Waals surface area contributed by atoms with Crippen molar-refractivity contribution in [3.05, 3.63) is 70.3 Å². The summed E-state index contributed by atoms with van der Waals surface area (Å²) in [5, 5.41) is 18.1. The third-order valence-electron chi connectivity index (χ3n) is 2.96. The average Bonchev–Trinajstić information content (AvgIpc) is 2.53. The zero-order valence-electron chi connectivity index (χ0n) is 12.2. The molecule has 0 aromatic heterocycles. The molecular formula is C15H13N3O5S. The van der Waals surface area contributed by atoms with Crippen LogP contribution < -0.4 is 10.5 Å². The SMILES string of the molecule is NS(=O)(=O)c1cccc(NC(=O)C=Cc2ccc([N+](=O)[O-])cc2)c1. The van der Waals surface area contributed by atoms with Gasteiger partial charge in [-0.2, -0.15) is 0 Å². The maximum Gasteiger partial charge on any atom is 0.269 e. The van der Waals surface area contributed by atoms with Gasteiger partial charge in [-0.3, -0.25) is 14.9 Å². The molecule has 0 saturated heterocycles. The highest BCUT2D eigenvalue weighted by molar-refractivity contribution is 7.89. The second-order valence-corrected chi connectivity index (χ2v) is 6.31. The van der Waals surface area contributed by atoms with Crippen LogP contribution in [0, 0.1) is 10.1 Å². The number of nitrogens with two attached hydrogens (primary N) is 1. The Labute approximate surface area is 137 Å². The molecule has 0 fully saturated rings. The standard InChI is InChI=1S/C15H13N3O5S/c16-24(22,23)14-3-1-2-12(10-14)17-15(19)9-6-11-4-7-13(8-5-11)18(20)21/h1-10H,(H,17,19)(H2,16,22,23). The van der Waals surface area contributed by atoms with Crippen LogP contribution in [0.15, 0.2) is 59.5 Å². The van der Waals surface area contributed by atoms with Crippen LogP contribution in [0.1, 0.15) is 5.56 Å². The minimum Gasteiger partial charge on any atom is -0.322 e. The minimum atomic E-state index is -3.85. The molecule has 9 heteroatoms. The number of rotatable bonds is 5. The van der Waals surface area contributed by atoms with Crippen LogP contribution in [0.25, 0.3) is 6.08 Å². The van der Waals surface area contributed by atoms with Gasteiger partial charge in [0.1, 0.15) is 0 Å². The molecule has 2 aromatic rings. The quantitative estimate of drug-likeness (QED) is 0.484. The van der Waals surface area contributed by atoms with E-state index in [-0.39, 0.29) is 16.3 Å². The number of nitro groups is 1. The average molecular weight is 347 g/mol. The number of primary sulfonamides is 1. The zero-order chi connectivity index (χ0) is 17.7. The molecule has 0 spiro atoms. The molecule has 124 valence electrons. The van der Waals surface area contributed by atoms with Gasteiger partial charge in [-0.1, -0.05) is 6.07 Å². The predicted molar refractivity (Wildman–Crippen MR) is 88.6 cm³/mol. The first kappa shape index (κ1) is 17.3. The van der Waals surface area contributed by atoms with Gasteiger partial charge >= 0.3 is 0 Å². The lowest BCUT2D eigenvalue weighted by Crippen LogP contribution is -2.13. The normalized spacial score (nSPS) is 11.4. The first-order valence-corrected chi connectivity index (χ1v) is 8.17. The lowest BCUT2D eigenvalue weighted by atomic mass is 10.2. The lowest BCUT2D eigenvalue weighted by molar-refractivity contribution is -0.384. The van der Waals surface area contributed by atoms with Crippen molar-refractivity contribution in [3.63, 3.8) is 0 Å². The van der Waals surface area contributed by atoms with E-state index in [0.29, 0.717) is 5.56 Å². The monoisotopic (exact) mass is 347 g/mol. The van der Waals surface area contributed by atoms with Gasteiger partial charge in [0, 0.05) is 23.9 Å². The van der Waals surface area contributed by atoms with E-state index >= 15 is 0 Å². The minimum absolute atomic E-state index is 0.0450. The van der Waals surface area contributed by atoms with Crippen molar-refractivity contribution >= 4 is 33.4 Å². The largest absolute Gasteiger partial charge is 0.322 e. The summed E-state index contributed by atoms with van der Waals surface area (Å²) in [6.45, 7) is 0. The molecule has 8 nitrogen and oxygen atoms in total. The summed E-state index contributed by atoms with van der Waals surface area (Å²) in [4.78, 5) is 21.8. The fraction of sp³-hybridized carbons (Fsp3) is 0. The second kappa shape index (κ2) is 7.02. The molecule has 0 bridgehead atoms. The van der Waals surface area contributed by atoms with Gasteiger partial charge in [0.2, 0.25) is 15.9 Å². The van der Waals surface area contributed by atoms with Crippen molar-refractivity contribution in [1.29, 1.82) is 0 Å². The smallest absolute Gasteiger partial charge is 0.269 e. The molecule has 0 unspecified atom stereocenters. The van der Waals surface area contributed by atoms with Gasteiger partial charge < -0.3 is 5.32 Å². The number of anilines is 1. The highest BCUT2D eigenvalue weighted by atomic mass is 32.2. The molecule has 0 saturated carbocycles. The molecule has 2 rings (SSSR count). The van der Waals surface area contributed by atoms with Crippen LogP contribution in [0.3, 0.4) is 0 Å². The summed E-state index contributed by atoms with van der Waals surface area (Å²) >= 11 is 0. The van der Waals surface area contributed by atoms with Gasteiger partial charge in [-0.25, -0.2) is 13.6 Å². The maximum absolute atomic E-state index is 11.8. The van der Waals surface area contributed by atoms with E-state index in [1.165, 1.54) is 60.7 Å². The van der Waals surface area contributed by atoms with Crippen molar-refractivity contribution in [2.45, 2.75) is 4.90 Å². The summed E-state index contributed by atoms with van der Waals surface area (Å²) < 4.78 is 22.5. The molecule has 3 N–H and O–H groups in total. The first-order chi connectivity index (χ1) is 11.3. The van der Waals surface area contributed by atoms with Gasteiger partial charge in [-0.15, -0.1) is 0 Å². The molecule has 0 aliphatic carbocycles. The number of benzene rings is 2. The number of nitro benzene ring substituents is 1. The molecule has 0 aliphatic rings. The lowest BCUT2D eigenvalue weighted by Gasteiger charge is -2.04. The molecule has 0 atom stereocenters. The number of sulfonamides is 1. The van der Waals surface area contributed by atoms with Crippen molar-refractivity contribution in [3.8, 4) is 0 Å². The fourth-order valence-corrected chi connectivity index (χ4v) is 2.37. The van der Waals surface area contributed by atoms with E-state index in [1.807, 2.05) is 0 Å². The molecule has 1 amide bonds. The molecule has 0 aliphatic heterocycles. The molecule has 2 aromatic carbocycles. The molecular weight excluding hydrogens is 334 g/mol. The maximum atomic E-state index is 11.8. The van der Waals surface area contributed by atoms with Crippen molar-refractivity contribution in [2.75, 3.05) is 5.32 Å². The summed E-state index contributed by atoms with van der Waals surface area (Å²) in [7, 11) is -3.85. The highest BCUT2D eigenvalue weighted by Crippen LogP contribution is 2.15. The van der Waals surface area contributed by atoms with E-state index in [2.05, 4.69) is 5.32 Å². The number of amides is 1. The zero-order valence-corrected chi connectivity index (χ0v) is 13.1. The number of nitrogens with zero attached hydrogens (tertiary/aromatic N) is 1. The van der Waals surface area contributed by atoms with Crippen molar-refractivity contribution in [2.24, 2.45) is 5.14 Å². The number of hydrogen-bond donors (Lipinski definition) is 2. The topological polar surface area (TPSA) is 132 Å². The number of nitrogens with one attached hydrogen (secondary N) is 1. The number of non-ortho nitro benzene ring substituents is 1. The van der Waals surface area contributed by atoms with Crippen LogP contribution in [0.4, 0.5) is 11.4 Å². The Morgan fingerprint density at radius 3 is 2.42 bits per heavy atom. The highest BCUT2D eigenvalue weighted by Gasteiger charge is 2.08. The van der Waals surface area contributed by atoms with Crippen LogP contribution in [-0.4, -0.2) is 19.2 Å². The van der Waals surface area contributed by atoms with Crippen LogP contribution >= 0.6 is 0 Å².